The summed E-state index contributed by atoms with van der Waals surface area (Å²) in [5.74, 6) is 0.484. The highest BCUT2D eigenvalue weighted by Gasteiger charge is 2.47. The second kappa shape index (κ2) is 7.74. The number of nitrogens with one attached hydrogen (secondary N) is 1. The molecule has 1 N–H and O–H groups in total. The monoisotopic (exact) mass is 424 g/mol. The number of halogens is 3. The van der Waals surface area contributed by atoms with Gasteiger partial charge in [-0.1, -0.05) is 42.5 Å². The zero-order valence-electron chi connectivity index (χ0n) is 15.8. The Kier molecular flexibility index (Phi) is 5.44. The molecule has 1 aliphatic carbocycles. The molecule has 1 saturated carbocycles. The van der Waals surface area contributed by atoms with Crippen LogP contribution >= 0.6 is 0 Å². The maximum Gasteiger partial charge on any atom is 0.417 e. The van der Waals surface area contributed by atoms with Gasteiger partial charge in [0, 0.05) is 12.6 Å². The molecular weight excluding hydrogens is 401 g/mol. The second-order valence-corrected chi connectivity index (χ2v) is 9.62. The van der Waals surface area contributed by atoms with E-state index in [4.69, 9.17) is 0 Å². The molecule has 1 aliphatic heterocycles. The van der Waals surface area contributed by atoms with Crippen LogP contribution in [-0.4, -0.2) is 31.9 Å². The first-order valence-corrected chi connectivity index (χ1v) is 11.1. The Balaban J connectivity index is 1.78. The average Bonchev–Trinajstić information content (AvgIpc) is 3.30. The van der Waals surface area contributed by atoms with Gasteiger partial charge in [-0.3, -0.25) is 0 Å². The van der Waals surface area contributed by atoms with Gasteiger partial charge in [-0.15, -0.1) is 0 Å². The number of fused-ring (bicyclic) bond motifs is 1. The summed E-state index contributed by atoms with van der Waals surface area (Å²) < 4.78 is 69.2. The van der Waals surface area contributed by atoms with Gasteiger partial charge in [0.25, 0.3) is 0 Å². The van der Waals surface area contributed by atoms with Crippen molar-refractivity contribution in [3.8, 4) is 0 Å². The molecule has 2 aliphatic rings. The quantitative estimate of drug-likeness (QED) is 0.792. The number of hydrogen-bond acceptors (Lipinski definition) is 3. The molecule has 4 rings (SSSR count). The molecule has 2 aromatic carbocycles. The van der Waals surface area contributed by atoms with Crippen LogP contribution in [0.2, 0.25) is 0 Å². The molecule has 1 saturated heterocycles. The van der Waals surface area contributed by atoms with E-state index in [-0.39, 0.29) is 18.5 Å². The van der Waals surface area contributed by atoms with E-state index in [2.05, 4.69) is 5.32 Å². The van der Waals surface area contributed by atoms with E-state index in [1.165, 1.54) is 16.4 Å². The van der Waals surface area contributed by atoms with Crippen LogP contribution in [0.1, 0.15) is 24.0 Å². The molecule has 8 heteroatoms. The van der Waals surface area contributed by atoms with Crippen molar-refractivity contribution in [3.05, 3.63) is 65.7 Å². The molecular formula is C21H23F3N2O2S. The third-order valence-corrected chi connectivity index (χ3v) is 7.98. The molecule has 0 bridgehead atoms. The molecule has 3 atom stereocenters. The zero-order valence-corrected chi connectivity index (χ0v) is 16.6. The average molecular weight is 424 g/mol. The van der Waals surface area contributed by atoms with Crippen LogP contribution in [0.3, 0.4) is 0 Å². The van der Waals surface area contributed by atoms with Gasteiger partial charge in [0.05, 0.1) is 10.5 Å². The minimum atomic E-state index is -4.74. The van der Waals surface area contributed by atoms with Crippen molar-refractivity contribution in [2.24, 2.45) is 11.8 Å². The van der Waals surface area contributed by atoms with Crippen molar-refractivity contribution in [1.82, 2.24) is 9.62 Å². The summed E-state index contributed by atoms with van der Waals surface area (Å²) in [5, 5.41) is 3.30. The molecule has 0 amide bonds. The highest BCUT2D eigenvalue weighted by Crippen LogP contribution is 2.42. The van der Waals surface area contributed by atoms with Gasteiger partial charge in [-0.25, -0.2) is 8.42 Å². The van der Waals surface area contributed by atoms with Gasteiger partial charge < -0.3 is 5.32 Å². The smallest absolute Gasteiger partial charge is 0.316 e. The standard InChI is InChI=1S/C21H23F3N2O2S/c22-21(23,24)18-8-4-5-9-20(18)29(27,28)26(14-15-6-2-1-3-7-15)19-11-10-16-12-25-13-17(16)19/h1-9,16-17,19,25H,10-14H2. The first-order valence-electron chi connectivity index (χ1n) is 9.71. The van der Waals surface area contributed by atoms with Gasteiger partial charge in [0.15, 0.2) is 0 Å². The number of nitrogens with zero attached hydrogens (tertiary/aromatic N) is 1. The molecule has 4 nitrogen and oxygen atoms in total. The van der Waals surface area contributed by atoms with Crippen LogP contribution in [0.15, 0.2) is 59.5 Å². The number of benzene rings is 2. The molecule has 2 aromatic rings. The van der Waals surface area contributed by atoms with Gasteiger partial charge >= 0.3 is 6.18 Å². The minimum absolute atomic E-state index is 0.0588. The topological polar surface area (TPSA) is 49.4 Å². The highest BCUT2D eigenvalue weighted by atomic mass is 32.2. The van der Waals surface area contributed by atoms with E-state index in [0.717, 1.165) is 30.7 Å². The largest absolute Gasteiger partial charge is 0.417 e. The predicted octanol–water partition coefficient (Wildman–Crippen LogP) is 3.89. The Labute approximate surface area is 168 Å². The molecule has 156 valence electrons. The summed E-state index contributed by atoms with van der Waals surface area (Å²) in [6.07, 6.45) is -3.20. The third kappa shape index (κ3) is 3.93. The summed E-state index contributed by atoms with van der Waals surface area (Å²) in [6.45, 7) is 1.58. The molecule has 29 heavy (non-hydrogen) atoms. The van der Waals surface area contributed by atoms with E-state index >= 15 is 0 Å². The second-order valence-electron chi connectivity index (χ2n) is 7.76. The Bertz CT molecular complexity index is 963. The molecule has 0 radical (unpaired) electrons. The normalized spacial score (nSPS) is 24.8. The van der Waals surface area contributed by atoms with Crippen LogP contribution in [0.4, 0.5) is 13.2 Å². The summed E-state index contributed by atoms with van der Waals surface area (Å²) in [5.41, 5.74) is -0.355. The van der Waals surface area contributed by atoms with Crippen molar-refractivity contribution in [3.63, 3.8) is 0 Å². The fourth-order valence-corrected chi connectivity index (χ4v) is 6.57. The van der Waals surface area contributed by atoms with E-state index in [1.807, 2.05) is 6.07 Å². The number of alkyl halides is 3. The molecule has 0 aromatic heterocycles. The lowest BCUT2D eigenvalue weighted by molar-refractivity contribution is -0.139. The first-order chi connectivity index (χ1) is 13.8. The van der Waals surface area contributed by atoms with Gasteiger partial charge in [0.2, 0.25) is 10.0 Å². The predicted molar refractivity (Wildman–Crippen MR) is 103 cm³/mol. The van der Waals surface area contributed by atoms with Crippen molar-refractivity contribution < 1.29 is 21.6 Å². The maximum atomic E-state index is 13.6. The lowest BCUT2D eigenvalue weighted by atomic mass is 9.97. The lowest BCUT2D eigenvalue weighted by Crippen LogP contribution is -2.43. The van der Waals surface area contributed by atoms with Crippen LogP contribution < -0.4 is 5.32 Å². The van der Waals surface area contributed by atoms with Gasteiger partial charge in [-0.2, -0.15) is 17.5 Å². The first kappa shape index (κ1) is 20.4. The van der Waals surface area contributed by atoms with Crippen LogP contribution in [0.5, 0.6) is 0 Å². The fraction of sp³-hybridized carbons (Fsp3) is 0.429. The highest BCUT2D eigenvalue weighted by molar-refractivity contribution is 7.89. The summed E-state index contributed by atoms with van der Waals surface area (Å²) in [7, 11) is -4.35. The number of sulfonamides is 1. The zero-order chi connectivity index (χ0) is 20.6. The van der Waals surface area contributed by atoms with E-state index in [1.54, 1.807) is 24.3 Å². The Morgan fingerprint density at radius 2 is 1.66 bits per heavy atom. The summed E-state index contributed by atoms with van der Waals surface area (Å²) >= 11 is 0. The van der Waals surface area contributed by atoms with Crippen molar-refractivity contribution in [1.29, 1.82) is 0 Å². The minimum Gasteiger partial charge on any atom is -0.316 e. The van der Waals surface area contributed by atoms with Crippen LogP contribution in [-0.2, 0) is 22.7 Å². The van der Waals surface area contributed by atoms with Crippen molar-refractivity contribution in [2.75, 3.05) is 13.1 Å². The Hall–Kier alpha value is -1.90. The summed E-state index contributed by atoms with van der Waals surface area (Å²) in [6, 6.07) is 13.2. The third-order valence-electron chi connectivity index (χ3n) is 6.05. The Morgan fingerprint density at radius 3 is 2.38 bits per heavy atom. The van der Waals surface area contributed by atoms with E-state index in [0.29, 0.717) is 18.9 Å². The molecule has 3 unspecified atom stereocenters. The molecule has 2 fully saturated rings. The maximum absolute atomic E-state index is 13.6. The van der Waals surface area contributed by atoms with Crippen molar-refractivity contribution in [2.45, 2.75) is 36.5 Å². The lowest BCUT2D eigenvalue weighted by Gasteiger charge is -2.32. The van der Waals surface area contributed by atoms with Gasteiger partial charge in [0.1, 0.15) is 0 Å². The molecule has 0 spiro atoms. The van der Waals surface area contributed by atoms with E-state index in [9.17, 15) is 21.6 Å². The summed E-state index contributed by atoms with van der Waals surface area (Å²) in [4.78, 5) is -0.669. The number of hydrogen-bond donors (Lipinski definition) is 1. The van der Waals surface area contributed by atoms with Crippen LogP contribution in [0.25, 0.3) is 0 Å². The fourth-order valence-electron chi connectivity index (χ4n) is 4.67. The molecule has 1 heterocycles. The van der Waals surface area contributed by atoms with Crippen molar-refractivity contribution >= 4 is 10.0 Å². The van der Waals surface area contributed by atoms with Gasteiger partial charge in [-0.05, 0) is 55.5 Å². The Morgan fingerprint density at radius 1 is 0.966 bits per heavy atom. The van der Waals surface area contributed by atoms with E-state index < -0.39 is 26.7 Å². The SMILES string of the molecule is O=S(=O)(c1ccccc1C(F)(F)F)N(Cc1ccccc1)C1CCC2CNCC21. The number of rotatable bonds is 5. The van der Waals surface area contributed by atoms with Crippen LogP contribution in [0, 0.1) is 11.8 Å².